The molecule has 0 spiro atoms. The fourth-order valence-electron chi connectivity index (χ4n) is 3.68. The number of nitrogens with zero attached hydrogens (tertiary/aromatic N) is 2. The lowest BCUT2D eigenvalue weighted by Crippen LogP contribution is -2.45. The number of amides is 1. The van der Waals surface area contributed by atoms with Gasteiger partial charge in [0.1, 0.15) is 0 Å². The van der Waals surface area contributed by atoms with Crippen molar-refractivity contribution in [1.82, 2.24) is 5.01 Å². The van der Waals surface area contributed by atoms with Gasteiger partial charge in [-0.3, -0.25) is 4.79 Å². The molecule has 1 aliphatic rings. The van der Waals surface area contributed by atoms with Crippen molar-refractivity contribution in [1.29, 1.82) is 0 Å². The first-order chi connectivity index (χ1) is 12.8. The first-order valence-electron chi connectivity index (χ1n) is 9.06. The van der Waals surface area contributed by atoms with Gasteiger partial charge < -0.3 is 0 Å². The summed E-state index contributed by atoms with van der Waals surface area (Å²) in [5, 5.41) is 4.00. The van der Waals surface area contributed by atoms with Gasteiger partial charge >= 0.3 is 0 Å². The normalized spacial score (nSPS) is 16.2. The van der Waals surface area contributed by atoms with E-state index in [-0.39, 0.29) is 11.8 Å². The van der Waals surface area contributed by atoms with Gasteiger partial charge in [-0.1, -0.05) is 85.8 Å². The first kappa shape index (κ1) is 16.6. The maximum Gasteiger partial charge on any atom is 0.253 e. The highest BCUT2D eigenvalue weighted by Gasteiger charge is 2.40. The summed E-state index contributed by atoms with van der Waals surface area (Å²) < 4.78 is 0. The van der Waals surface area contributed by atoms with Crippen LogP contribution in [0.3, 0.4) is 0 Å². The van der Waals surface area contributed by atoms with E-state index in [1.165, 1.54) is 5.56 Å². The van der Waals surface area contributed by atoms with E-state index in [0.717, 1.165) is 23.4 Å². The van der Waals surface area contributed by atoms with E-state index in [0.29, 0.717) is 6.54 Å². The zero-order valence-electron chi connectivity index (χ0n) is 14.9. The highest BCUT2D eigenvalue weighted by atomic mass is 16.2. The SMILES string of the molecule is CCN(Cc1ccccc1)N1C(=O)C(c2ccccc2)c2ccccc21. The number of benzene rings is 3. The van der Waals surface area contributed by atoms with Crippen LogP contribution in [0.15, 0.2) is 84.9 Å². The molecule has 0 aliphatic carbocycles. The summed E-state index contributed by atoms with van der Waals surface area (Å²) in [7, 11) is 0. The van der Waals surface area contributed by atoms with Crippen molar-refractivity contribution in [2.45, 2.75) is 19.4 Å². The third-order valence-corrected chi connectivity index (χ3v) is 4.92. The molecule has 0 saturated carbocycles. The van der Waals surface area contributed by atoms with Crippen LogP contribution in [-0.2, 0) is 11.3 Å². The van der Waals surface area contributed by atoms with E-state index in [2.05, 4.69) is 30.1 Å². The van der Waals surface area contributed by atoms with E-state index in [1.54, 1.807) is 0 Å². The van der Waals surface area contributed by atoms with E-state index in [9.17, 15) is 4.79 Å². The number of carbonyl (C=O) groups excluding carboxylic acids is 1. The molecule has 3 nitrogen and oxygen atoms in total. The second kappa shape index (κ2) is 7.14. The van der Waals surface area contributed by atoms with Crippen LogP contribution < -0.4 is 5.01 Å². The van der Waals surface area contributed by atoms with E-state index in [1.807, 2.05) is 71.7 Å². The van der Waals surface area contributed by atoms with Crippen LogP contribution in [-0.4, -0.2) is 17.5 Å². The lowest BCUT2D eigenvalue weighted by Gasteiger charge is -2.31. The average Bonchev–Trinajstić information content (AvgIpc) is 2.99. The lowest BCUT2D eigenvalue weighted by molar-refractivity contribution is -0.121. The molecule has 3 aromatic carbocycles. The van der Waals surface area contributed by atoms with Crippen LogP contribution in [0.1, 0.15) is 29.5 Å². The minimum atomic E-state index is -0.239. The molecule has 0 N–H and O–H groups in total. The number of hydrazine groups is 1. The van der Waals surface area contributed by atoms with E-state index in [4.69, 9.17) is 0 Å². The molecule has 1 aliphatic heterocycles. The number of hydrogen-bond donors (Lipinski definition) is 0. The Hall–Kier alpha value is -2.91. The molecule has 0 saturated heterocycles. The van der Waals surface area contributed by atoms with Crippen molar-refractivity contribution < 1.29 is 4.79 Å². The van der Waals surface area contributed by atoms with Gasteiger partial charge in [-0.05, 0) is 22.8 Å². The topological polar surface area (TPSA) is 23.6 Å². The van der Waals surface area contributed by atoms with Crippen molar-refractivity contribution in [3.05, 3.63) is 102 Å². The molecule has 0 radical (unpaired) electrons. The number of fused-ring (bicyclic) bond motifs is 1. The predicted molar refractivity (Wildman–Crippen MR) is 105 cm³/mol. The summed E-state index contributed by atoms with van der Waals surface area (Å²) >= 11 is 0. The zero-order valence-corrected chi connectivity index (χ0v) is 14.9. The zero-order chi connectivity index (χ0) is 17.9. The second-order valence-corrected chi connectivity index (χ2v) is 6.52. The Morgan fingerprint density at radius 1 is 0.846 bits per heavy atom. The van der Waals surface area contributed by atoms with Gasteiger partial charge in [-0.15, -0.1) is 0 Å². The molecule has 26 heavy (non-hydrogen) atoms. The minimum Gasteiger partial charge on any atom is -0.272 e. The van der Waals surface area contributed by atoms with Gasteiger partial charge in [-0.25, -0.2) is 10.0 Å². The molecule has 0 fully saturated rings. The molecule has 4 rings (SSSR count). The smallest absolute Gasteiger partial charge is 0.253 e. The summed E-state index contributed by atoms with van der Waals surface area (Å²) in [5.74, 6) is -0.118. The number of para-hydroxylation sites is 1. The van der Waals surface area contributed by atoms with Crippen molar-refractivity contribution >= 4 is 11.6 Å². The maximum atomic E-state index is 13.4. The molecule has 3 aromatic rings. The fourth-order valence-corrected chi connectivity index (χ4v) is 3.68. The molecular formula is C23H22N2O. The molecule has 3 heteroatoms. The van der Waals surface area contributed by atoms with Gasteiger partial charge in [0.05, 0.1) is 11.6 Å². The standard InChI is InChI=1S/C23H22N2O/c1-2-24(17-18-11-5-3-6-12-18)25-21-16-10-9-15-20(21)22(23(25)26)19-13-7-4-8-14-19/h3-16,22H,2,17H2,1H3. The Kier molecular flexibility index (Phi) is 4.55. The Morgan fingerprint density at radius 2 is 1.46 bits per heavy atom. The summed E-state index contributed by atoms with van der Waals surface area (Å²) in [6.07, 6.45) is 0. The van der Waals surface area contributed by atoms with Gasteiger partial charge in [0.15, 0.2) is 0 Å². The summed E-state index contributed by atoms with van der Waals surface area (Å²) in [6.45, 7) is 3.56. The minimum absolute atomic E-state index is 0.121. The molecule has 1 heterocycles. The predicted octanol–water partition coefficient (Wildman–Crippen LogP) is 4.60. The Morgan fingerprint density at radius 3 is 2.15 bits per heavy atom. The van der Waals surface area contributed by atoms with Gasteiger partial charge in [-0.2, -0.15) is 0 Å². The van der Waals surface area contributed by atoms with Crippen LogP contribution in [0.4, 0.5) is 5.69 Å². The van der Waals surface area contributed by atoms with Crippen molar-refractivity contribution in [3.63, 3.8) is 0 Å². The first-order valence-corrected chi connectivity index (χ1v) is 9.06. The van der Waals surface area contributed by atoms with E-state index < -0.39 is 0 Å². The molecule has 0 bridgehead atoms. The van der Waals surface area contributed by atoms with Crippen LogP contribution in [0, 0.1) is 0 Å². The Bertz CT molecular complexity index is 892. The largest absolute Gasteiger partial charge is 0.272 e. The quantitative estimate of drug-likeness (QED) is 0.676. The van der Waals surface area contributed by atoms with Crippen LogP contribution >= 0.6 is 0 Å². The van der Waals surface area contributed by atoms with Crippen LogP contribution in [0.5, 0.6) is 0 Å². The highest BCUT2D eigenvalue weighted by molar-refractivity contribution is 6.06. The molecule has 1 unspecified atom stereocenters. The summed E-state index contributed by atoms with van der Waals surface area (Å²) in [6, 6.07) is 28.5. The molecule has 0 aromatic heterocycles. The molecular weight excluding hydrogens is 320 g/mol. The molecule has 1 amide bonds. The summed E-state index contributed by atoms with van der Waals surface area (Å²) in [5.41, 5.74) is 4.31. The van der Waals surface area contributed by atoms with Gasteiger partial charge in [0.25, 0.3) is 5.91 Å². The van der Waals surface area contributed by atoms with Crippen molar-refractivity contribution in [2.24, 2.45) is 0 Å². The lowest BCUT2D eigenvalue weighted by atomic mass is 9.93. The Balaban J connectivity index is 1.73. The summed E-state index contributed by atoms with van der Waals surface area (Å²) in [4.78, 5) is 13.4. The van der Waals surface area contributed by atoms with Crippen molar-refractivity contribution in [2.75, 3.05) is 11.6 Å². The molecule has 130 valence electrons. The van der Waals surface area contributed by atoms with Crippen molar-refractivity contribution in [3.8, 4) is 0 Å². The maximum absolute atomic E-state index is 13.4. The number of carbonyl (C=O) groups is 1. The van der Waals surface area contributed by atoms with E-state index >= 15 is 0 Å². The van der Waals surface area contributed by atoms with Crippen LogP contribution in [0.25, 0.3) is 0 Å². The molecule has 1 atom stereocenters. The average molecular weight is 342 g/mol. The number of hydrogen-bond acceptors (Lipinski definition) is 2. The van der Waals surface area contributed by atoms with Gasteiger partial charge in [0.2, 0.25) is 0 Å². The Labute approximate surface area is 154 Å². The highest BCUT2D eigenvalue weighted by Crippen LogP contribution is 2.41. The number of rotatable bonds is 5. The monoisotopic (exact) mass is 342 g/mol. The second-order valence-electron chi connectivity index (χ2n) is 6.52. The van der Waals surface area contributed by atoms with Gasteiger partial charge in [0, 0.05) is 13.1 Å². The third kappa shape index (κ3) is 2.91. The fraction of sp³-hybridized carbons (Fsp3) is 0.174. The van der Waals surface area contributed by atoms with Crippen LogP contribution in [0.2, 0.25) is 0 Å². The third-order valence-electron chi connectivity index (χ3n) is 4.92. The number of anilines is 1.